The summed E-state index contributed by atoms with van der Waals surface area (Å²) in [5.74, 6) is -0.278. The van der Waals surface area contributed by atoms with E-state index in [-0.39, 0.29) is 18.4 Å². The van der Waals surface area contributed by atoms with Crippen molar-refractivity contribution < 1.29 is 41.0 Å². The van der Waals surface area contributed by atoms with E-state index < -0.39 is 23.5 Å². The van der Waals surface area contributed by atoms with Crippen LogP contribution in [0, 0.1) is 0 Å². The number of carbonyl (C=O) groups excluding carboxylic acids is 1. The third-order valence-corrected chi connectivity index (χ3v) is 7.35. The summed E-state index contributed by atoms with van der Waals surface area (Å²) in [6.45, 7) is 5.47. The molecule has 1 atom stereocenters. The highest BCUT2D eigenvalue weighted by Gasteiger charge is 2.71. The van der Waals surface area contributed by atoms with Gasteiger partial charge in [0.15, 0.2) is 0 Å². The molecule has 0 aliphatic carbocycles. The van der Waals surface area contributed by atoms with Crippen LogP contribution < -0.4 is 0 Å². The molecule has 2 heterocycles. The molecule has 1 saturated heterocycles. The van der Waals surface area contributed by atoms with Crippen LogP contribution in [-0.2, 0) is 28.2 Å². The van der Waals surface area contributed by atoms with Gasteiger partial charge in [-0.2, -0.15) is 26.3 Å². The van der Waals surface area contributed by atoms with Crippen LogP contribution in [0.1, 0.15) is 30.0 Å². The number of carbonyl (C=O) groups is 1. The van der Waals surface area contributed by atoms with Crippen LogP contribution in [0.25, 0.3) is 11.1 Å². The van der Waals surface area contributed by atoms with Gasteiger partial charge in [0.2, 0.25) is 0 Å². The second-order valence-corrected chi connectivity index (χ2v) is 10.2. The van der Waals surface area contributed by atoms with Crippen molar-refractivity contribution in [1.29, 1.82) is 0 Å². The lowest BCUT2D eigenvalue weighted by Crippen LogP contribution is -2.53. The van der Waals surface area contributed by atoms with Crippen LogP contribution in [0.15, 0.2) is 73.1 Å². The Bertz CT molecular complexity index is 1300. The van der Waals surface area contributed by atoms with E-state index in [0.29, 0.717) is 49.5 Å². The van der Waals surface area contributed by atoms with Gasteiger partial charge in [-0.25, -0.2) is 0 Å². The zero-order valence-corrected chi connectivity index (χ0v) is 22.8. The molecule has 1 aliphatic heterocycles. The third-order valence-electron chi connectivity index (χ3n) is 7.35. The summed E-state index contributed by atoms with van der Waals surface area (Å²) in [4.78, 5) is 20.9. The second kappa shape index (κ2) is 12.8. The number of halogens is 6. The van der Waals surface area contributed by atoms with Gasteiger partial charge < -0.3 is 9.84 Å². The number of aromatic nitrogens is 1. The van der Waals surface area contributed by atoms with Crippen molar-refractivity contribution in [2.24, 2.45) is 0 Å². The molecule has 226 valence electrons. The molecule has 1 aromatic heterocycles. The lowest BCUT2D eigenvalue weighted by molar-refractivity contribution is -0.376. The molecule has 42 heavy (non-hydrogen) atoms. The first-order valence-corrected chi connectivity index (χ1v) is 13.4. The van der Waals surface area contributed by atoms with E-state index >= 15 is 0 Å². The van der Waals surface area contributed by atoms with Gasteiger partial charge in [-0.05, 0) is 41.3 Å². The van der Waals surface area contributed by atoms with Crippen LogP contribution in [0.2, 0.25) is 0 Å². The normalized spacial score (nSPS) is 17.3. The average molecular weight is 596 g/mol. The number of esters is 1. The van der Waals surface area contributed by atoms with Crippen molar-refractivity contribution in [3.63, 3.8) is 0 Å². The maximum absolute atomic E-state index is 13.2. The molecule has 0 radical (unpaired) electrons. The minimum Gasteiger partial charge on any atom is -0.466 e. The molecule has 1 unspecified atom stereocenters. The molecule has 4 rings (SSSR count). The van der Waals surface area contributed by atoms with Crippen LogP contribution in [-0.4, -0.2) is 70.5 Å². The Balaban J connectivity index is 1.46. The number of ether oxygens (including phenoxy) is 1. The number of piperazine rings is 1. The Kier molecular flexibility index (Phi) is 9.59. The van der Waals surface area contributed by atoms with Gasteiger partial charge in [-0.3, -0.25) is 19.6 Å². The zero-order chi connectivity index (χ0) is 30.5. The molecule has 0 bridgehead atoms. The maximum atomic E-state index is 13.2. The fourth-order valence-electron chi connectivity index (χ4n) is 5.09. The standard InChI is InChI=1S/C30H31F6N3O3/c1-2-42-27(40)17-26-20-38(18-22-11-13-37-14-12-22)15-16-39(26)19-21-3-5-23(6-4-21)24-7-9-25(10-8-24)28(41,29(31,32)33)30(34,35)36/h3-14,26,41H,2,15-20H2,1H3. The summed E-state index contributed by atoms with van der Waals surface area (Å²) in [6, 6.07) is 14.4. The van der Waals surface area contributed by atoms with E-state index in [0.717, 1.165) is 36.3 Å². The van der Waals surface area contributed by atoms with Crippen molar-refractivity contribution in [3.8, 4) is 11.1 Å². The molecule has 1 fully saturated rings. The van der Waals surface area contributed by atoms with Crippen molar-refractivity contribution in [1.82, 2.24) is 14.8 Å². The zero-order valence-electron chi connectivity index (χ0n) is 22.8. The van der Waals surface area contributed by atoms with Gasteiger partial charge in [-0.1, -0.05) is 48.5 Å². The van der Waals surface area contributed by atoms with Gasteiger partial charge in [0.25, 0.3) is 5.60 Å². The quantitative estimate of drug-likeness (QED) is 0.253. The molecule has 1 N–H and O–H groups in total. The van der Waals surface area contributed by atoms with Crippen molar-refractivity contribution in [2.45, 2.75) is 50.4 Å². The molecular weight excluding hydrogens is 564 g/mol. The largest absolute Gasteiger partial charge is 0.466 e. The Hall–Kier alpha value is -3.48. The number of hydrogen-bond acceptors (Lipinski definition) is 6. The smallest absolute Gasteiger partial charge is 0.430 e. The summed E-state index contributed by atoms with van der Waals surface area (Å²) in [5, 5.41) is 9.62. The fraction of sp³-hybridized carbons (Fsp3) is 0.400. The SMILES string of the molecule is CCOC(=O)CC1CN(Cc2ccncc2)CCN1Cc1ccc(-c2ccc(C(O)(C(F)(F)F)C(F)(F)F)cc2)cc1. The molecule has 2 aromatic carbocycles. The van der Waals surface area contributed by atoms with Gasteiger partial charge >= 0.3 is 18.3 Å². The number of benzene rings is 2. The van der Waals surface area contributed by atoms with Gasteiger partial charge in [0, 0.05) is 56.7 Å². The summed E-state index contributed by atoms with van der Waals surface area (Å²) in [6.07, 6.45) is -8.17. The summed E-state index contributed by atoms with van der Waals surface area (Å²) < 4.78 is 84.4. The Labute approximate surface area is 239 Å². The molecule has 3 aromatic rings. The number of hydrogen-bond donors (Lipinski definition) is 1. The van der Waals surface area contributed by atoms with Gasteiger partial charge in [-0.15, -0.1) is 0 Å². The van der Waals surface area contributed by atoms with E-state index in [2.05, 4.69) is 14.8 Å². The number of aliphatic hydroxyl groups is 1. The van der Waals surface area contributed by atoms with E-state index in [9.17, 15) is 36.2 Å². The van der Waals surface area contributed by atoms with E-state index in [1.165, 1.54) is 0 Å². The molecule has 1 aliphatic rings. The lowest BCUT2D eigenvalue weighted by atomic mass is 9.90. The highest BCUT2D eigenvalue weighted by Crippen LogP contribution is 2.50. The van der Waals surface area contributed by atoms with E-state index in [1.807, 2.05) is 24.3 Å². The first kappa shape index (κ1) is 31.5. The third kappa shape index (κ3) is 7.11. The molecule has 6 nitrogen and oxygen atoms in total. The summed E-state index contributed by atoms with van der Waals surface area (Å²) in [5.41, 5.74) is -3.25. The van der Waals surface area contributed by atoms with Crippen molar-refractivity contribution in [3.05, 3.63) is 89.7 Å². The highest BCUT2D eigenvalue weighted by atomic mass is 19.4. The number of rotatable bonds is 9. The van der Waals surface area contributed by atoms with Crippen LogP contribution in [0.3, 0.4) is 0 Å². The van der Waals surface area contributed by atoms with Gasteiger partial charge in [0.05, 0.1) is 13.0 Å². The number of pyridine rings is 1. The first-order chi connectivity index (χ1) is 19.8. The molecule has 0 spiro atoms. The van der Waals surface area contributed by atoms with Gasteiger partial charge in [0.1, 0.15) is 0 Å². The summed E-state index contributed by atoms with van der Waals surface area (Å²) >= 11 is 0. The Morgan fingerprint density at radius 2 is 1.40 bits per heavy atom. The van der Waals surface area contributed by atoms with E-state index in [1.54, 1.807) is 31.5 Å². The molecular formula is C30H31F6N3O3. The molecule has 0 amide bonds. The Morgan fingerprint density at radius 3 is 1.95 bits per heavy atom. The van der Waals surface area contributed by atoms with Crippen molar-refractivity contribution in [2.75, 3.05) is 26.2 Å². The van der Waals surface area contributed by atoms with Crippen LogP contribution in [0.5, 0.6) is 0 Å². The predicted octanol–water partition coefficient (Wildman–Crippen LogP) is 5.70. The molecule has 12 heteroatoms. The highest BCUT2D eigenvalue weighted by molar-refractivity contribution is 5.70. The first-order valence-electron chi connectivity index (χ1n) is 13.4. The average Bonchev–Trinajstić information content (AvgIpc) is 2.94. The number of nitrogens with zero attached hydrogens (tertiary/aromatic N) is 3. The monoisotopic (exact) mass is 595 g/mol. The fourth-order valence-corrected chi connectivity index (χ4v) is 5.09. The molecule has 0 saturated carbocycles. The minimum atomic E-state index is -5.94. The maximum Gasteiger partial charge on any atom is 0.430 e. The van der Waals surface area contributed by atoms with Crippen molar-refractivity contribution >= 4 is 5.97 Å². The summed E-state index contributed by atoms with van der Waals surface area (Å²) in [7, 11) is 0. The van der Waals surface area contributed by atoms with Crippen LogP contribution >= 0.6 is 0 Å². The second-order valence-electron chi connectivity index (χ2n) is 10.2. The minimum absolute atomic E-state index is 0.0899. The topological polar surface area (TPSA) is 65.9 Å². The Morgan fingerprint density at radius 1 is 0.857 bits per heavy atom. The number of alkyl halides is 6. The van der Waals surface area contributed by atoms with Crippen LogP contribution in [0.4, 0.5) is 26.3 Å². The predicted molar refractivity (Wildman–Crippen MR) is 143 cm³/mol. The van der Waals surface area contributed by atoms with E-state index in [4.69, 9.17) is 4.74 Å². The lowest BCUT2D eigenvalue weighted by Gasteiger charge is -2.41.